The quantitative estimate of drug-likeness (QED) is 0.0749. The van der Waals surface area contributed by atoms with Gasteiger partial charge in [-0.05, 0) is 106 Å². The first-order valence-electron chi connectivity index (χ1n) is 20.0. The molecule has 0 heterocycles. The van der Waals surface area contributed by atoms with Crippen LogP contribution < -0.4 is 9.80 Å². The molecular weight excluding hydrogens is 637 g/mol. The monoisotopic (exact) mass is 690 g/mol. The normalized spacial score (nSPS) is 15.9. The molecule has 0 aromatic heterocycles. The summed E-state index contributed by atoms with van der Waals surface area (Å²) in [6.07, 6.45) is 9.03. The fraction of sp³-hybridized carbons (Fsp3) is 0.375. The molecule has 0 aliphatic heterocycles. The smallest absolute Gasteiger partial charge is 0.162 e. The van der Waals surface area contributed by atoms with E-state index >= 15 is 0 Å². The number of carbonyl (C=O) groups is 2. The molecule has 6 aromatic rings. The van der Waals surface area contributed by atoms with Crippen LogP contribution in [0.3, 0.4) is 0 Å². The van der Waals surface area contributed by atoms with Crippen LogP contribution in [0, 0.1) is 0 Å². The lowest BCUT2D eigenvalue weighted by molar-refractivity contribution is -0.142. The van der Waals surface area contributed by atoms with Crippen LogP contribution in [0.1, 0.15) is 102 Å². The fourth-order valence-electron chi connectivity index (χ4n) is 8.37. The molecule has 0 atom stereocenters. The van der Waals surface area contributed by atoms with E-state index in [1.165, 1.54) is 22.1 Å². The summed E-state index contributed by atoms with van der Waals surface area (Å²) in [5, 5.41) is 8.91. The number of hydrogen-bond acceptors (Lipinski definition) is 4. The third-order valence-corrected chi connectivity index (χ3v) is 11.4. The second kappa shape index (κ2) is 15.9. The maximum atomic E-state index is 14.5. The highest BCUT2D eigenvalue weighted by Crippen LogP contribution is 2.48. The molecule has 0 N–H and O–H groups in total. The first kappa shape index (κ1) is 35.7. The highest BCUT2D eigenvalue weighted by Gasteiger charge is 2.51. The van der Waals surface area contributed by atoms with Crippen LogP contribution in [0.15, 0.2) is 97.1 Å². The van der Waals surface area contributed by atoms with Crippen molar-refractivity contribution in [1.82, 2.24) is 0 Å². The second-order valence-electron chi connectivity index (χ2n) is 14.9. The van der Waals surface area contributed by atoms with E-state index in [1.54, 1.807) is 0 Å². The average Bonchev–Trinajstić information content (AvgIpc) is 3.17. The highest BCUT2D eigenvalue weighted by atomic mass is 16.2. The molecule has 4 heteroatoms. The Morgan fingerprint density at radius 3 is 1.04 bits per heavy atom. The minimum absolute atomic E-state index is 0.0112. The van der Waals surface area contributed by atoms with Gasteiger partial charge in [-0.2, -0.15) is 0 Å². The van der Waals surface area contributed by atoms with Crippen LogP contribution in [0.2, 0.25) is 0 Å². The number of carbonyl (C=O) groups excluding carboxylic acids is 2. The van der Waals surface area contributed by atoms with Gasteiger partial charge in [-0.15, -0.1) is 0 Å². The van der Waals surface area contributed by atoms with E-state index in [2.05, 4.69) is 135 Å². The van der Waals surface area contributed by atoms with Crippen LogP contribution in [0.5, 0.6) is 0 Å². The minimum atomic E-state index is -0.761. The molecule has 1 aliphatic rings. The van der Waals surface area contributed by atoms with Gasteiger partial charge in [0.1, 0.15) is 11.8 Å². The van der Waals surface area contributed by atoms with Crippen LogP contribution in [-0.4, -0.2) is 37.7 Å². The standard InChI is InChI=1S/C48H54N2O2/c1-5-9-25-49(26-10-6-2)43-23-21-37(39-29-33-17-13-15-19-35(33)31-41(39)43)45-47(51)46(48(45)52)38-22-24-44(50(27-11-7-3)28-12-8-4)42-32-36-20-16-14-18-34(36)30-40(38)42/h13-24,29-32,45-46H,5-12,25-28H2,1-4H3. The van der Waals surface area contributed by atoms with Crippen molar-refractivity contribution in [2.75, 3.05) is 36.0 Å². The molecule has 268 valence electrons. The molecule has 0 bridgehead atoms. The Balaban J connectivity index is 1.33. The molecule has 0 radical (unpaired) electrons. The van der Waals surface area contributed by atoms with Crippen molar-refractivity contribution in [2.24, 2.45) is 0 Å². The van der Waals surface area contributed by atoms with Crippen LogP contribution >= 0.6 is 0 Å². The second-order valence-corrected chi connectivity index (χ2v) is 14.9. The summed E-state index contributed by atoms with van der Waals surface area (Å²) in [6.45, 7) is 12.9. The van der Waals surface area contributed by atoms with Gasteiger partial charge in [0.25, 0.3) is 0 Å². The van der Waals surface area contributed by atoms with Gasteiger partial charge in [-0.1, -0.05) is 114 Å². The van der Waals surface area contributed by atoms with Gasteiger partial charge in [0.15, 0.2) is 11.6 Å². The SMILES string of the molecule is CCCCN(CCCC)c1ccc(C2C(=O)C(c3ccc(N(CCCC)CCCC)c4cc5ccccc5cc34)C2=O)c2cc3ccccc3cc12. The molecule has 1 aliphatic carbocycles. The van der Waals surface area contributed by atoms with Crippen molar-refractivity contribution in [1.29, 1.82) is 0 Å². The topological polar surface area (TPSA) is 40.6 Å². The number of Topliss-reactive ketones (excluding diaryl/α,β-unsaturated/α-hetero) is 2. The van der Waals surface area contributed by atoms with E-state index in [-0.39, 0.29) is 11.6 Å². The molecule has 1 fully saturated rings. The third-order valence-electron chi connectivity index (χ3n) is 11.4. The van der Waals surface area contributed by atoms with E-state index in [4.69, 9.17) is 0 Å². The molecule has 1 saturated carbocycles. The maximum absolute atomic E-state index is 14.5. The summed E-state index contributed by atoms with van der Waals surface area (Å²) in [6, 6.07) is 34.4. The Bertz CT molecular complexity index is 2050. The summed E-state index contributed by atoms with van der Waals surface area (Å²) in [5.74, 6) is -1.50. The molecule has 0 unspecified atom stereocenters. The Morgan fingerprint density at radius 2 is 0.731 bits per heavy atom. The van der Waals surface area contributed by atoms with Crippen molar-refractivity contribution < 1.29 is 9.59 Å². The minimum Gasteiger partial charge on any atom is -0.371 e. The van der Waals surface area contributed by atoms with Gasteiger partial charge < -0.3 is 9.80 Å². The molecule has 7 rings (SSSR count). The largest absolute Gasteiger partial charge is 0.371 e. The lowest BCUT2D eigenvalue weighted by atomic mass is 9.64. The summed E-state index contributed by atoms with van der Waals surface area (Å²) in [7, 11) is 0. The van der Waals surface area contributed by atoms with Crippen molar-refractivity contribution in [3.63, 3.8) is 0 Å². The number of hydrogen-bond donors (Lipinski definition) is 0. The summed E-state index contributed by atoms with van der Waals surface area (Å²) >= 11 is 0. The molecule has 0 amide bonds. The molecule has 6 aromatic carbocycles. The highest BCUT2D eigenvalue weighted by molar-refractivity contribution is 6.33. The van der Waals surface area contributed by atoms with Gasteiger partial charge in [-0.3, -0.25) is 9.59 Å². The van der Waals surface area contributed by atoms with E-state index in [1.807, 2.05) is 0 Å². The van der Waals surface area contributed by atoms with Crippen molar-refractivity contribution in [2.45, 2.75) is 90.9 Å². The zero-order valence-corrected chi connectivity index (χ0v) is 31.6. The first-order chi connectivity index (χ1) is 25.5. The van der Waals surface area contributed by atoms with E-state index in [9.17, 15) is 9.59 Å². The van der Waals surface area contributed by atoms with E-state index in [0.717, 1.165) is 121 Å². The summed E-state index contributed by atoms with van der Waals surface area (Å²) in [5.41, 5.74) is 4.09. The Kier molecular flexibility index (Phi) is 10.9. The summed E-state index contributed by atoms with van der Waals surface area (Å²) < 4.78 is 0. The van der Waals surface area contributed by atoms with E-state index in [0.29, 0.717) is 0 Å². The molecule has 0 spiro atoms. The number of nitrogens with zero attached hydrogens (tertiary/aromatic N) is 2. The Hall–Kier alpha value is -4.70. The van der Waals surface area contributed by atoms with Gasteiger partial charge in [0, 0.05) is 48.3 Å². The Labute approximate surface area is 309 Å². The van der Waals surface area contributed by atoms with E-state index < -0.39 is 11.8 Å². The van der Waals surface area contributed by atoms with Crippen LogP contribution in [0.25, 0.3) is 43.1 Å². The zero-order chi connectivity index (χ0) is 36.2. The number of fused-ring (bicyclic) bond motifs is 4. The maximum Gasteiger partial charge on any atom is 0.162 e. The lowest BCUT2D eigenvalue weighted by Crippen LogP contribution is -2.44. The van der Waals surface area contributed by atoms with Crippen LogP contribution in [0.4, 0.5) is 11.4 Å². The van der Waals surface area contributed by atoms with Crippen molar-refractivity contribution in [3.05, 3.63) is 108 Å². The summed E-state index contributed by atoms with van der Waals surface area (Å²) in [4.78, 5) is 34.1. The van der Waals surface area contributed by atoms with Gasteiger partial charge >= 0.3 is 0 Å². The number of anilines is 2. The van der Waals surface area contributed by atoms with Gasteiger partial charge in [-0.25, -0.2) is 0 Å². The van der Waals surface area contributed by atoms with Gasteiger partial charge in [0.05, 0.1) is 0 Å². The molecule has 4 nitrogen and oxygen atoms in total. The Morgan fingerprint density at radius 1 is 0.423 bits per heavy atom. The number of unbranched alkanes of at least 4 members (excludes halogenated alkanes) is 4. The lowest BCUT2D eigenvalue weighted by Gasteiger charge is -2.35. The predicted octanol–water partition coefficient (Wildman–Crippen LogP) is 12.1. The number of benzene rings is 6. The third kappa shape index (κ3) is 6.69. The van der Waals surface area contributed by atoms with Crippen molar-refractivity contribution >= 4 is 66.0 Å². The van der Waals surface area contributed by atoms with Crippen LogP contribution in [-0.2, 0) is 9.59 Å². The molecule has 0 saturated heterocycles. The number of rotatable bonds is 16. The molecular formula is C48H54N2O2. The first-order valence-corrected chi connectivity index (χ1v) is 20.0. The zero-order valence-electron chi connectivity index (χ0n) is 31.6. The fourth-order valence-corrected chi connectivity index (χ4v) is 8.37. The van der Waals surface area contributed by atoms with Crippen molar-refractivity contribution in [3.8, 4) is 0 Å². The average molecular weight is 691 g/mol. The van der Waals surface area contributed by atoms with Gasteiger partial charge in [0.2, 0.25) is 0 Å². The number of ketones is 2. The molecule has 52 heavy (non-hydrogen) atoms. The predicted molar refractivity (Wildman–Crippen MR) is 222 cm³/mol.